The third-order valence-corrected chi connectivity index (χ3v) is 3.93. The van der Waals surface area contributed by atoms with Crippen LogP contribution in [0.1, 0.15) is 43.8 Å². The van der Waals surface area contributed by atoms with E-state index < -0.39 is 0 Å². The van der Waals surface area contributed by atoms with Gasteiger partial charge in [-0.15, -0.1) is 0 Å². The Morgan fingerprint density at radius 3 is 2.81 bits per heavy atom. The molecule has 0 aromatic carbocycles. The van der Waals surface area contributed by atoms with Crippen LogP contribution in [0.4, 0.5) is 0 Å². The maximum absolute atomic E-state index is 5.80. The van der Waals surface area contributed by atoms with Crippen LogP contribution in [0.3, 0.4) is 0 Å². The Kier molecular flexibility index (Phi) is 6.74. The number of ether oxygens (including phenoxy) is 1. The van der Waals surface area contributed by atoms with Crippen molar-refractivity contribution < 1.29 is 9.15 Å². The summed E-state index contributed by atoms with van der Waals surface area (Å²) in [7, 11) is 0. The van der Waals surface area contributed by atoms with E-state index in [-0.39, 0.29) is 0 Å². The fraction of sp³-hybridized carbons (Fsp3) is 0.765. The van der Waals surface area contributed by atoms with Crippen LogP contribution in [-0.2, 0) is 17.9 Å². The first-order valence-corrected chi connectivity index (χ1v) is 8.24. The minimum atomic E-state index is 0.660. The van der Waals surface area contributed by atoms with Gasteiger partial charge in [0.05, 0.1) is 19.8 Å². The zero-order valence-corrected chi connectivity index (χ0v) is 13.8. The molecule has 21 heavy (non-hydrogen) atoms. The highest BCUT2D eigenvalue weighted by molar-refractivity contribution is 5.19. The summed E-state index contributed by atoms with van der Waals surface area (Å²) in [5.41, 5.74) is 1.18. The SMILES string of the molecule is Cc1oc(CNCC(C)C)cc1COCCN1CCCC1. The van der Waals surface area contributed by atoms with E-state index in [4.69, 9.17) is 9.15 Å². The maximum Gasteiger partial charge on any atom is 0.118 e. The highest BCUT2D eigenvalue weighted by Gasteiger charge is 2.11. The molecule has 4 nitrogen and oxygen atoms in total. The van der Waals surface area contributed by atoms with Crippen molar-refractivity contribution in [3.63, 3.8) is 0 Å². The zero-order chi connectivity index (χ0) is 15.1. The van der Waals surface area contributed by atoms with Gasteiger partial charge < -0.3 is 19.4 Å². The first-order valence-electron chi connectivity index (χ1n) is 8.24. The van der Waals surface area contributed by atoms with Crippen LogP contribution in [0.25, 0.3) is 0 Å². The predicted molar refractivity (Wildman–Crippen MR) is 85.3 cm³/mol. The molecule has 120 valence electrons. The van der Waals surface area contributed by atoms with Crippen LogP contribution in [0.2, 0.25) is 0 Å². The molecule has 1 aliphatic rings. The molecule has 4 heteroatoms. The highest BCUT2D eigenvalue weighted by Crippen LogP contribution is 2.16. The zero-order valence-electron chi connectivity index (χ0n) is 13.8. The quantitative estimate of drug-likeness (QED) is 0.711. The Morgan fingerprint density at radius 1 is 1.33 bits per heavy atom. The van der Waals surface area contributed by atoms with Gasteiger partial charge >= 0.3 is 0 Å². The van der Waals surface area contributed by atoms with Crippen LogP contribution in [-0.4, -0.2) is 37.7 Å². The molecule has 0 unspecified atom stereocenters. The molecule has 1 fully saturated rings. The minimum Gasteiger partial charge on any atom is -0.465 e. The molecule has 2 heterocycles. The number of likely N-dealkylation sites (tertiary alicyclic amines) is 1. The third kappa shape index (κ3) is 5.81. The summed E-state index contributed by atoms with van der Waals surface area (Å²) in [5.74, 6) is 2.65. The van der Waals surface area contributed by atoms with E-state index in [1.54, 1.807) is 0 Å². The lowest BCUT2D eigenvalue weighted by Crippen LogP contribution is -2.23. The molecule has 0 saturated carbocycles. The van der Waals surface area contributed by atoms with Gasteiger partial charge in [0.25, 0.3) is 0 Å². The number of aryl methyl sites for hydroxylation is 1. The van der Waals surface area contributed by atoms with Gasteiger partial charge in [0.1, 0.15) is 11.5 Å². The van der Waals surface area contributed by atoms with Gasteiger partial charge in [0, 0.05) is 12.1 Å². The fourth-order valence-corrected chi connectivity index (χ4v) is 2.68. The monoisotopic (exact) mass is 294 g/mol. The molecule has 0 aliphatic carbocycles. The van der Waals surface area contributed by atoms with Crippen molar-refractivity contribution in [1.29, 1.82) is 0 Å². The van der Waals surface area contributed by atoms with E-state index in [0.29, 0.717) is 12.5 Å². The van der Waals surface area contributed by atoms with Crippen molar-refractivity contribution in [1.82, 2.24) is 10.2 Å². The van der Waals surface area contributed by atoms with E-state index in [1.165, 1.54) is 31.5 Å². The summed E-state index contributed by atoms with van der Waals surface area (Å²) >= 11 is 0. The van der Waals surface area contributed by atoms with Gasteiger partial charge in [-0.2, -0.15) is 0 Å². The number of nitrogens with one attached hydrogen (secondary N) is 1. The number of furan rings is 1. The van der Waals surface area contributed by atoms with Crippen molar-refractivity contribution in [2.45, 2.75) is 46.8 Å². The van der Waals surface area contributed by atoms with E-state index >= 15 is 0 Å². The van der Waals surface area contributed by atoms with Crippen LogP contribution in [0.15, 0.2) is 10.5 Å². The number of hydrogen-bond donors (Lipinski definition) is 1. The van der Waals surface area contributed by atoms with Gasteiger partial charge in [-0.1, -0.05) is 13.8 Å². The smallest absolute Gasteiger partial charge is 0.118 e. The Balaban J connectivity index is 1.66. The average Bonchev–Trinajstić information content (AvgIpc) is 3.05. The van der Waals surface area contributed by atoms with Gasteiger partial charge in [0.15, 0.2) is 0 Å². The van der Waals surface area contributed by atoms with Gasteiger partial charge in [-0.3, -0.25) is 0 Å². The Bertz CT molecular complexity index is 409. The van der Waals surface area contributed by atoms with Crippen LogP contribution in [0, 0.1) is 12.8 Å². The topological polar surface area (TPSA) is 37.6 Å². The summed E-state index contributed by atoms with van der Waals surface area (Å²) in [6, 6.07) is 2.12. The molecular weight excluding hydrogens is 264 g/mol. The van der Waals surface area contributed by atoms with Gasteiger partial charge in [-0.05, 0) is 51.4 Å². The van der Waals surface area contributed by atoms with Gasteiger partial charge in [-0.25, -0.2) is 0 Å². The Hall–Kier alpha value is -0.840. The summed E-state index contributed by atoms with van der Waals surface area (Å²) in [5, 5.41) is 3.40. The van der Waals surface area contributed by atoms with Crippen molar-refractivity contribution in [2.75, 3.05) is 32.8 Å². The second-order valence-corrected chi connectivity index (χ2v) is 6.42. The average molecular weight is 294 g/mol. The predicted octanol–water partition coefficient (Wildman–Crippen LogP) is 2.95. The summed E-state index contributed by atoms with van der Waals surface area (Å²) in [6.07, 6.45) is 2.68. The molecule has 1 aromatic rings. The molecule has 1 aliphatic heterocycles. The third-order valence-electron chi connectivity index (χ3n) is 3.93. The maximum atomic E-state index is 5.80. The van der Waals surface area contributed by atoms with E-state index in [9.17, 15) is 0 Å². The van der Waals surface area contributed by atoms with Crippen molar-refractivity contribution >= 4 is 0 Å². The molecular formula is C17H30N2O2. The van der Waals surface area contributed by atoms with E-state index in [2.05, 4.69) is 30.1 Å². The molecule has 2 rings (SSSR count). The molecule has 1 N–H and O–H groups in total. The number of hydrogen-bond acceptors (Lipinski definition) is 4. The standard InChI is InChI=1S/C17H30N2O2/c1-14(2)11-18-12-17-10-16(15(3)21-17)13-20-9-8-19-6-4-5-7-19/h10,14,18H,4-9,11-13H2,1-3H3. The number of rotatable bonds is 9. The molecule has 0 amide bonds. The van der Waals surface area contributed by atoms with E-state index in [1.807, 2.05) is 6.92 Å². The first-order chi connectivity index (χ1) is 10.1. The van der Waals surface area contributed by atoms with Gasteiger partial charge in [0.2, 0.25) is 0 Å². The molecule has 1 aromatic heterocycles. The van der Waals surface area contributed by atoms with Crippen molar-refractivity contribution in [2.24, 2.45) is 5.92 Å². The summed E-state index contributed by atoms with van der Waals surface area (Å²) < 4.78 is 11.6. The normalized spacial score (nSPS) is 16.2. The first kappa shape index (κ1) is 16.5. The number of nitrogens with zero attached hydrogens (tertiary/aromatic N) is 1. The highest BCUT2D eigenvalue weighted by atomic mass is 16.5. The summed E-state index contributed by atoms with van der Waals surface area (Å²) in [6.45, 7) is 13.2. The van der Waals surface area contributed by atoms with Crippen LogP contribution >= 0.6 is 0 Å². The Labute approximate surface area is 128 Å². The minimum absolute atomic E-state index is 0.660. The largest absolute Gasteiger partial charge is 0.465 e. The van der Waals surface area contributed by atoms with Crippen molar-refractivity contribution in [3.8, 4) is 0 Å². The molecule has 0 radical (unpaired) electrons. The molecule has 1 saturated heterocycles. The lowest BCUT2D eigenvalue weighted by molar-refractivity contribution is 0.0985. The second-order valence-electron chi connectivity index (χ2n) is 6.42. The van der Waals surface area contributed by atoms with Crippen molar-refractivity contribution in [3.05, 3.63) is 23.2 Å². The van der Waals surface area contributed by atoms with E-state index in [0.717, 1.165) is 37.8 Å². The Morgan fingerprint density at radius 2 is 2.10 bits per heavy atom. The molecule has 0 spiro atoms. The lowest BCUT2D eigenvalue weighted by Gasteiger charge is -2.13. The second kappa shape index (κ2) is 8.57. The lowest BCUT2D eigenvalue weighted by atomic mass is 10.2. The molecule has 0 atom stereocenters. The van der Waals surface area contributed by atoms with Crippen LogP contribution in [0.5, 0.6) is 0 Å². The summed E-state index contributed by atoms with van der Waals surface area (Å²) in [4.78, 5) is 2.48. The fourth-order valence-electron chi connectivity index (χ4n) is 2.68. The molecule has 0 bridgehead atoms. The van der Waals surface area contributed by atoms with Crippen LogP contribution < -0.4 is 5.32 Å².